The Morgan fingerprint density at radius 3 is 2.66 bits per heavy atom. The Balaban J connectivity index is 1.24. The molecular weight excluding hydrogens is 436 g/mol. The van der Waals surface area contributed by atoms with Crippen molar-refractivity contribution >= 4 is 23.1 Å². The molecule has 5 nitrogen and oxygen atoms in total. The first-order valence-corrected chi connectivity index (χ1v) is 13.7. The molecule has 32 heavy (non-hydrogen) atoms. The molecule has 0 N–H and O–H groups in total. The number of hydrogen-bond donors (Lipinski definition) is 0. The van der Waals surface area contributed by atoms with Crippen LogP contribution < -0.4 is 0 Å². The van der Waals surface area contributed by atoms with E-state index in [0.29, 0.717) is 12.0 Å². The molecule has 3 aromatic rings. The minimum atomic E-state index is 0.303. The van der Waals surface area contributed by atoms with Gasteiger partial charge in [0.15, 0.2) is 5.16 Å². The van der Waals surface area contributed by atoms with E-state index in [-0.39, 0.29) is 0 Å². The van der Waals surface area contributed by atoms with Crippen LogP contribution >= 0.6 is 23.1 Å². The van der Waals surface area contributed by atoms with E-state index in [1.165, 1.54) is 22.7 Å². The first-order valence-electron chi connectivity index (χ1n) is 11.8. The molecule has 7 heteroatoms. The van der Waals surface area contributed by atoms with Crippen molar-refractivity contribution in [2.24, 2.45) is 0 Å². The smallest absolute Gasteiger partial charge is 0.191 e. The van der Waals surface area contributed by atoms with E-state index in [9.17, 15) is 0 Å². The molecule has 2 saturated heterocycles. The summed E-state index contributed by atoms with van der Waals surface area (Å²) in [7, 11) is 0. The van der Waals surface area contributed by atoms with E-state index in [1.807, 2.05) is 23.1 Å². The van der Waals surface area contributed by atoms with Gasteiger partial charge in [0, 0.05) is 29.7 Å². The maximum Gasteiger partial charge on any atom is 0.191 e. The quantitative estimate of drug-likeness (QED) is 0.402. The molecule has 1 atom stereocenters. The third-order valence-electron chi connectivity index (χ3n) is 6.53. The highest BCUT2D eigenvalue weighted by atomic mass is 32.2. The van der Waals surface area contributed by atoms with Crippen molar-refractivity contribution in [3.63, 3.8) is 0 Å². The number of ether oxygens (including phenoxy) is 1. The van der Waals surface area contributed by atoms with E-state index >= 15 is 0 Å². The Morgan fingerprint density at radius 1 is 1.03 bits per heavy atom. The van der Waals surface area contributed by atoms with Crippen LogP contribution in [-0.2, 0) is 24.2 Å². The Hall–Kier alpha value is -1.67. The average Bonchev–Trinajstić information content (AvgIpc) is 3.59. The predicted molar refractivity (Wildman–Crippen MR) is 131 cm³/mol. The van der Waals surface area contributed by atoms with Crippen LogP contribution in [0.2, 0.25) is 0 Å². The lowest BCUT2D eigenvalue weighted by molar-refractivity contribution is 0.0931. The van der Waals surface area contributed by atoms with E-state index in [4.69, 9.17) is 9.84 Å². The lowest BCUT2D eigenvalue weighted by Crippen LogP contribution is -2.33. The fraction of sp³-hybridized carbons (Fsp3) is 0.520. The summed E-state index contributed by atoms with van der Waals surface area (Å²) in [6, 6.07) is 15.1. The fourth-order valence-electron chi connectivity index (χ4n) is 4.75. The second kappa shape index (κ2) is 11.0. The number of benzene rings is 1. The topological polar surface area (TPSA) is 43.2 Å². The molecule has 0 spiro atoms. The summed E-state index contributed by atoms with van der Waals surface area (Å²) in [5.41, 5.74) is 1.38. The van der Waals surface area contributed by atoms with Crippen LogP contribution in [0.1, 0.15) is 47.9 Å². The fourth-order valence-corrected chi connectivity index (χ4v) is 6.44. The van der Waals surface area contributed by atoms with Crippen LogP contribution in [0.25, 0.3) is 0 Å². The lowest BCUT2D eigenvalue weighted by atomic mass is 9.95. The van der Waals surface area contributed by atoms with Crippen molar-refractivity contribution in [3.8, 4) is 0 Å². The van der Waals surface area contributed by atoms with Crippen molar-refractivity contribution in [1.82, 2.24) is 19.7 Å². The highest BCUT2D eigenvalue weighted by Gasteiger charge is 2.28. The number of nitrogens with zero attached hydrogens (tertiary/aromatic N) is 4. The van der Waals surface area contributed by atoms with Gasteiger partial charge in [-0.05, 0) is 62.2 Å². The number of likely N-dealkylation sites (tertiary alicyclic amines) is 1. The SMILES string of the molecule is c1ccc(CCSc2nnc(C3CCN(Cc4cccs4)CC3)n2C[C@@H]2CCCO2)cc1. The van der Waals surface area contributed by atoms with Crippen molar-refractivity contribution in [2.75, 3.05) is 25.4 Å². The number of piperidine rings is 1. The van der Waals surface area contributed by atoms with Gasteiger partial charge in [-0.25, -0.2) is 0 Å². The van der Waals surface area contributed by atoms with E-state index in [2.05, 4.69) is 62.4 Å². The molecule has 0 unspecified atom stereocenters. The molecule has 2 aliphatic rings. The van der Waals surface area contributed by atoms with Crippen molar-refractivity contribution in [2.45, 2.75) is 62.4 Å². The van der Waals surface area contributed by atoms with Crippen LogP contribution in [0.5, 0.6) is 0 Å². The highest BCUT2D eigenvalue weighted by Crippen LogP contribution is 2.31. The summed E-state index contributed by atoms with van der Waals surface area (Å²) in [5, 5.41) is 12.6. The Labute approximate surface area is 199 Å². The highest BCUT2D eigenvalue weighted by molar-refractivity contribution is 7.99. The zero-order valence-corrected chi connectivity index (χ0v) is 20.2. The molecule has 0 radical (unpaired) electrons. The summed E-state index contributed by atoms with van der Waals surface area (Å²) < 4.78 is 8.37. The van der Waals surface area contributed by atoms with Crippen molar-refractivity contribution < 1.29 is 4.74 Å². The maximum absolute atomic E-state index is 5.98. The molecule has 2 fully saturated rings. The first kappa shape index (κ1) is 22.1. The summed E-state index contributed by atoms with van der Waals surface area (Å²) in [6.07, 6.45) is 5.98. The van der Waals surface area contributed by atoms with E-state index < -0.39 is 0 Å². The maximum atomic E-state index is 5.98. The second-order valence-corrected chi connectivity index (χ2v) is 10.9. The molecule has 170 valence electrons. The Morgan fingerprint density at radius 2 is 1.91 bits per heavy atom. The van der Waals surface area contributed by atoms with Crippen molar-refractivity contribution in [3.05, 3.63) is 64.1 Å². The van der Waals surface area contributed by atoms with Crippen LogP contribution in [-0.4, -0.2) is 51.2 Å². The monoisotopic (exact) mass is 468 g/mol. The molecule has 4 heterocycles. The summed E-state index contributed by atoms with van der Waals surface area (Å²) in [5.74, 6) is 2.69. The Kier molecular flexibility index (Phi) is 7.59. The van der Waals surface area contributed by atoms with Gasteiger partial charge >= 0.3 is 0 Å². The van der Waals surface area contributed by atoms with Crippen LogP contribution in [0.4, 0.5) is 0 Å². The number of thioether (sulfide) groups is 1. The minimum Gasteiger partial charge on any atom is -0.376 e. The van der Waals surface area contributed by atoms with E-state index in [1.54, 1.807) is 0 Å². The number of hydrogen-bond acceptors (Lipinski definition) is 6. The molecule has 0 bridgehead atoms. The second-order valence-electron chi connectivity index (χ2n) is 8.80. The molecule has 0 amide bonds. The third kappa shape index (κ3) is 5.63. The summed E-state index contributed by atoms with van der Waals surface area (Å²) in [4.78, 5) is 4.04. The third-order valence-corrected chi connectivity index (χ3v) is 8.36. The standard InChI is InChI=1S/C25H32N4OS2/c1-2-6-20(7-3-1)12-17-32-25-27-26-24(29(25)18-22-8-4-15-30-22)21-10-13-28(14-11-21)19-23-9-5-16-31-23/h1-3,5-7,9,16,21-22H,4,8,10-15,17-19H2/t22-/m0/s1. The number of thiophene rings is 1. The van der Waals surface area contributed by atoms with Crippen LogP contribution in [0, 0.1) is 0 Å². The van der Waals surface area contributed by atoms with E-state index in [0.717, 1.165) is 69.4 Å². The molecule has 2 aromatic heterocycles. The molecular formula is C25H32N4OS2. The largest absolute Gasteiger partial charge is 0.376 e. The zero-order valence-electron chi connectivity index (χ0n) is 18.6. The van der Waals surface area contributed by atoms with Gasteiger partial charge in [0.25, 0.3) is 0 Å². The molecule has 1 aromatic carbocycles. The lowest BCUT2D eigenvalue weighted by Gasteiger charge is -2.31. The molecule has 5 rings (SSSR count). The van der Waals surface area contributed by atoms with Gasteiger partial charge in [0.1, 0.15) is 5.82 Å². The van der Waals surface area contributed by atoms with Gasteiger partial charge in [0.2, 0.25) is 0 Å². The van der Waals surface area contributed by atoms with Gasteiger partial charge in [0.05, 0.1) is 12.6 Å². The number of aromatic nitrogens is 3. The number of aryl methyl sites for hydroxylation is 1. The van der Waals surface area contributed by atoms with Gasteiger partial charge in [-0.1, -0.05) is 48.2 Å². The zero-order chi connectivity index (χ0) is 21.6. The minimum absolute atomic E-state index is 0.303. The average molecular weight is 469 g/mol. The van der Waals surface area contributed by atoms with Crippen LogP contribution in [0.15, 0.2) is 53.0 Å². The molecule has 0 aliphatic carbocycles. The van der Waals surface area contributed by atoms with Gasteiger partial charge in [-0.3, -0.25) is 4.90 Å². The molecule has 2 aliphatic heterocycles. The summed E-state index contributed by atoms with van der Waals surface area (Å²) in [6.45, 7) is 5.12. The van der Waals surface area contributed by atoms with Gasteiger partial charge in [-0.15, -0.1) is 21.5 Å². The number of rotatable bonds is 9. The van der Waals surface area contributed by atoms with Gasteiger partial charge < -0.3 is 9.30 Å². The van der Waals surface area contributed by atoms with Crippen molar-refractivity contribution in [1.29, 1.82) is 0 Å². The van der Waals surface area contributed by atoms with Crippen LogP contribution in [0.3, 0.4) is 0 Å². The normalized spacial score (nSPS) is 20.2. The summed E-state index contributed by atoms with van der Waals surface area (Å²) >= 11 is 3.70. The predicted octanol–water partition coefficient (Wildman–Crippen LogP) is 5.23. The Bertz CT molecular complexity index is 946. The molecule has 0 saturated carbocycles. The van der Waals surface area contributed by atoms with Gasteiger partial charge in [-0.2, -0.15) is 0 Å². The first-order chi connectivity index (χ1) is 15.8.